The molecule has 3 atom stereocenters. The third kappa shape index (κ3) is 2.26. The molecule has 0 amide bonds. The summed E-state index contributed by atoms with van der Waals surface area (Å²) in [7, 11) is 2.65. The summed E-state index contributed by atoms with van der Waals surface area (Å²) in [5, 5.41) is 20.9. The van der Waals surface area contributed by atoms with Crippen molar-refractivity contribution in [3.63, 3.8) is 0 Å². The van der Waals surface area contributed by atoms with Gasteiger partial charge in [0.1, 0.15) is 17.8 Å². The second-order valence-corrected chi connectivity index (χ2v) is 5.70. The molecule has 1 saturated heterocycles. The van der Waals surface area contributed by atoms with Gasteiger partial charge in [-0.3, -0.25) is 0 Å². The average Bonchev–Trinajstić information content (AvgIpc) is 2.91. The van der Waals surface area contributed by atoms with Crippen LogP contribution in [0.1, 0.15) is 48.2 Å². The number of hydrogen-bond acceptors (Lipinski definition) is 7. The normalized spacial score (nSPS) is 25.5. The lowest BCUT2D eigenvalue weighted by atomic mass is 9.92. The Hall–Kier alpha value is -2.15. The van der Waals surface area contributed by atoms with Gasteiger partial charge in [0.2, 0.25) is 11.5 Å². The van der Waals surface area contributed by atoms with E-state index in [0.29, 0.717) is 6.42 Å². The first-order valence-electron chi connectivity index (χ1n) is 7.59. The maximum Gasteiger partial charge on any atom is 0.342 e. The molecule has 2 heterocycles. The number of carbonyl (C=O) groups is 1. The highest BCUT2D eigenvalue weighted by atomic mass is 16.6. The van der Waals surface area contributed by atoms with E-state index < -0.39 is 23.9 Å². The first kappa shape index (κ1) is 15.7. The van der Waals surface area contributed by atoms with Crippen molar-refractivity contribution in [3.8, 4) is 23.0 Å². The van der Waals surface area contributed by atoms with Gasteiger partial charge in [-0.15, -0.1) is 0 Å². The van der Waals surface area contributed by atoms with E-state index in [-0.39, 0.29) is 34.5 Å². The number of carbonyl (C=O) groups excluding carboxylic acids is 1. The van der Waals surface area contributed by atoms with Gasteiger partial charge in [-0.05, 0) is 6.42 Å². The van der Waals surface area contributed by atoms with Gasteiger partial charge in [-0.2, -0.15) is 0 Å². The van der Waals surface area contributed by atoms with Crippen LogP contribution in [0, 0.1) is 0 Å². The molecule has 0 unspecified atom stereocenters. The Morgan fingerprint density at radius 1 is 1.17 bits per heavy atom. The first-order chi connectivity index (χ1) is 11.0. The highest BCUT2D eigenvalue weighted by Gasteiger charge is 2.48. The summed E-state index contributed by atoms with van der Waals surface area (Å²) in [6, 6.07) is 0. The summed E-state index contributed by atoms with van der Waals surface area (Å²) in [5.74, 6) is -1.51. The Morgan fingerprint density at radius 3 is 2.43 bits per heavy atom. The van der Waals surface area contributed by atoms with E-state index >= 15 is 0 Å². The Bertz CT molecular complexity index is 640. The molecule has 23 heavy (non-hydrogen) atoms. The molecule has 3 rings (SSSR count). The van der Waals surface area contributed by atoms with Crippen LogP contribution in [-0.2, 0) is 9.47 Å². The van der Waals surface area contributed by atoms with Gasteiger partial charge in [0.15, 0.2) is 11.5 Å². The van der Waals surface area contributed by atoms with Crippen LogP contribution < -0.4 is 9.47 Å². The molecule has 0 aliphatic carbocycles. The fraction of sp³-hybridized carbons (Fsp3) is 0.562. The van der Waals surface area contributed by atoms with Crippen LogP contribution in [0.4, 0.5) is 0 Å². The Labute approximate surface area is 133 Å². The van der Waals surface area contributed by atoms with Crippen LogP contribution in [0.3, 0.4) is 0 Å². The molecule has 2 N–H and O–H groups in total. The molecule has 1 aromatic rings. The summed E-state index contributed by atoms with van der Waals surface area (Å²) in [5.41, 5.74) is 0.0820. The number of aromatic hydroxyl groups is 2. The van der Waals surface area contributed by atoms with E-state index in [4.69, 9.17) is 18.9 Å². The predicted molar refractivity (Wildman–Crippen MR) is 79.2 cm³/mol. The maximum atomic E-state index is 12.3. The molecular weight excluding hydrogens is 304 g/mol. The van der Waals surface area contributed by atoms with Crippen LogP contribution in [0.2, 0.25) is 0 Å². The van der Waals surface area contributed by atoms with Gasteiger partial charge < -0.3 is 29.2 Å². The van der Waals surface area contributed by atoms with Crippen molar-refractivity contribution in [1.29, 1.82) is 0 Å². The van der Waals surface area contributed by atoms with Crippen molar-refractivity contribution in [1.82, 2.24) is 0 Å². The molecule has 0 radical (unpaired) electrons. The lowest BCUT2D eigenvalue weighted by Crippen LogP contribution is -2.29. The number of rotatable bonds is 4. The van der Waals surface area contributed by atoms with Crippen LogP contribution in [-0.4, -0.2) is 42.6 Å². The topological polar surface area (TPSA) is 94.5 Å². The van der Waals surface area contributed by atoms with Crippen molar-refractivity contribution in [2.75, 3.05) is 14.2 Å². The largest absolute Gasteiger partial charge is 0.504 e. The Balaban J connectivity index is 2.15. The summed E-state index contributed by atoms with van der Waals surface area (Å²) in [4.78, 5) is 12.3. The molecule has 0 bridgehead atoms. The maximum absolute atomic E-state index is 12.3. The zero-order chi connectivity index (χ0) is 16.7. The average molecular weight is 324 g/mol. The highest BCUT2D eigenvalue weighted by Crippen LogP contribution is 2.55. The number of benzene rings is 1. The molecule has 0 saturated carbocycles. The minimum Gasteiger partial charge on any atom is -0.504 e. The fourth-order valence-corrected chi connectivity index (χ4v) is 3.36. The van der Waals surface area contributed by atoms with E-state index in [1.54, 1.807) is 0 Å². The van der Waals surface area contributed by atoms with Gasteiger partial charge in [-0.25, -0.2) is 4.79 Å². The molecule has 2 aliphatic heterocycles. The summed E-state index contributed by atoms with van der Waals surface area (Å²) in [6.45, 7) is 2.04. The number of hydrogen-bond donors (Lipinski definition) is 2. The Morgan fingerprint density at radius 2 is 1.83 bits per heavy atom. The van der Waals surface area contributed by atoms with Crippen LogP contribution in [0.25, 0.3) is 0 Å². The molecule has 1 fully saturated rings. The smallest absolute Gasteiger partial charge is 0.342 e. The van der Waals surface area contributed by atoms with Gasteiger partial charge >= 0.3 is 5.97 Å². The standard InChI is InChI=1S/C16H20O7/c1-4-5-7-6-8-13(22-7)9-10(16(19)23-8)12(18)15(21-3)14(20-2)11(9)17/h7-8,13,17-18H,4-6H2,1-3H3/t7-,8+,13-/m0/s1. The van der Waals surface area contributed by atoms with Crippen molar-refractivity contribution in [2.24, 2.45) is 0 Å². The third-order valence-electron chi connectivity index (χ3n) is 4.34. The number of fused-ring (bicyclic) bond motifs is 3. The Kier molecular flexibility index (Phi) is 3.97. The summed E-state index contributed by atoms with van der Waals surface area (Å²) >= 11 is 0. The molecule has 7 nitrogen and oxygen atoms in total. The zero-order valence-corrected chi connectivity index (χ0v) is 13.3. The minimum absolute atomic E-state index is 0.0280. The zero-order valence-electron chi connectivity index (χ0n) is 13.3. The number of esters is 1. The quantitative estimate of drug-likeness (QED) is 0.648. The lowest BCUT2D eigenvalue weighted by molar-refractivity contribution is -0.0246. The molecule has 126 valence electrons. The number of methoxy groups -OCH3 is 2. The SMILES string of the molecule is CCC[C@H]1C[C@H]2OC(=O)c3c(O)c(OC)c(OC)c(O)c3[C@H]2O1. The van der Waals surface area contributed by atoms with E-state index in [1.807, 2.05) is 6.92 Å². The second-order valence-electron chi connectivity index (χ2n) is 5.70. The van der Waals surface area contributed by atoms with Gasteiger partial charge in [-0.1, -0.05) is 13.3 Å². The van der Waals surface area contributed by atoms with Crippen molar-refractivity contribution in [2.45, 2.75) is 44.5 Å². The van der Waals surface area contributed by atoms with E-state index in [2.05, 4.69) is 0 Å². The molecule has 1 aromatic carbocycles. The highest BCUT2D eigenvalue weighted by molar-refractivity contribution is 5.98. The first-order valence-corrected chi connectivity index (χ1v) is 7.59. The van der Waals surface area contributed by atoms with Gasteiger partial charge in [0.05, 0.1) is 20.3 Å². The van der Waals surface area contributed by atoms with Crippen LogP contribution in [0.5, 0.6) is 23.0 Å². The summed E-state index contributed by atoms with van der Waals surface area (Å²) < 4.78 is 21.5. The van der Waals surface area contributed by atoms with Crippen LogP contribution in [0.15, 0.2) is 0 Å². The van der Waals surface area contributed by atoms with Gasteiger partial charge in [0, 0.05) is 12.0 Å². The van der Waals surface area contributed by atoms with Crippen molar-refractivity contribution in [3.05, 3.63) is 11.1 Å². The molecule has 0 aromatic heterocycles. The number of phenolic OH excluding ortho intramolecular Hbond substituents is 2. The monoisotopic (exact) mass is 324 g/mol. The van der Waals surface area contributed by atoms with Crippen LogP contribution >= 0.6 is 0 Å². The molecule has 7 heteroatoms. The van der Waals surface area contributed by atoms with Crippen molar-refractivity contribution < 1.29 is 34.0 Å². The van der Waals surface area contributed by atoms with Gasteiger partial charge in [0.25, 0.3) is 0 Å². The van der Waals surface area contributed by atoms with Crippen molar-refractivity contribution >= 4 is 5.97 Å². The van der Waals surface area contributed by atoms with E-state index in [0.717, 1.165) is 12.8 Å². The molecule has 2 aliphatic rings. The summed E-state index contributed by atoms with van der Waals surface area (Å²) in [6.07, 6.45) is 1.19. The lowest BCUT2D eigenvalue weighted by Gasteiger charge is -2.29. The predicted octanol–water partition coefficient (Wildman–Crippen LogP) is 2.28. The fourth-order valence-electron chi connectivity index (χ4n) is 3.36. The van der Waals surface area contributed by atoms with E-state index in [1.165, 1.54) is 14.2 Å². The number of ether oxygens (including phenoxy) is 4. The number of phenols is 2. The third-order valence-corrected chi connectivity index (χ3v) is 4.34. The van der Waals surface area contributed by atoms with E-state index in [9.17, 15) is 15.0 Å². The molecule has 0 spiro atoms. The second kappa shape index (κ2) is 5.81. The molecular formula is C16H20O7. The minimum atomic E-state index is -0.698.